The number of carbonyl (C=O) groups is 2. The van der Waals surface area contributed by atoms with Crippen LogP contribution in [0.15, 0.2) is 18.2 Å². The second kappa shape index (κ2) is 6.96. The fourth-order valence-electron chi connectivity index (χ4n) is 1.38. The van der Waals surface area contributed by atoms with Gasteiger partial charge in [0.05, 0.1) is 10.6 Å². The van der Waals surface area contributed by atoms with Crippen molar-refractivity contribution in [1.29, 1.82) is 0 Å². The fraction of sp³-hybridized carbons (Fsp3) is 0.333. The normalized spacial score (nSPS) is 10.1. The Morgan fingerprint density at radius 2 is 2.06 bits per heavy atom. The third-order valence-electron chi connectivity index (χ3n) is 2.30. The van der Waals surface area contributed by atoms with Crippen LogP contribution in [0, 0.1) is 5.82 Å². The van der Waals surface area contributed by atoms with Gasteiger partial charge in [-0.25, -0.2) is 4.39 Å². The van der Waals surface area contributed by atoms with E-state index in [0.29, 0.717) is 19.4 Å². The summed E-state index contributed by atoms with van der Waals surface area (Å²) in [6.45, 7) is 0.332. The van der Waals surface area contributed by atoms with Crippen molar-refractivity contribution in [2.24, 2.45) is 0 Å². The number of halogens is 2. The Morgan fingerprint density at radius 1 is 1.33 bits per heavy atom. The van der Waals surface area contributed by atoms with E-state index in [2.05, 4.69) is 5.32 Å². The van der Waals surface area contributed by atoms with Gasteiger partial charge in [0, 0.05) is 13.0 Å². The maximum Gasteiger partial charge on any atom is 0.303 e. The Labute approximate surface area is 109 Å². The molecule has 6 heteroatoms. The average Bonchev–Trinajstić information content (AvgIpc) is 2.31. The summed E-state index contributed by atoms with van der Waals surface area (Å²) in [6, 6.07) is 4.00. The van der Waals surface area contributed by atoms with E-state index in [1.54, 1.807) is 0 Å². The molecule has 0 spiro atoms. The van der Waals surface area contributed by atoms with Crippen LogP contribution in [0.25, 0.3) is 0 Å². The maximum atomic E-state index is 13.1. The van der Waals surface area contributed by atoms with Gasteiger partial charge in [0.15, 0.2) is 0 Å². The van der Waals surface area contributed by atoms with Crippen LogP contribution >= 0.6 is 11.6 Å². The molecule has 0 unspecified atom stereocenters. The third kappa shape index (κ3) is 4.33. The van der Waals surface area contributed by atoms with E-state index >= 15 is 0 Å². The van der Waals surface area contributed by atoms with Gasteiger partial charge in [-0.2, -0.15) is 0 Å². The molecule has 1 aromatic carbocycles. The number of aliphatic carboxylic acids is 1. The van der Waals surface area contributed by atoms with Crippen molar-refractivity contribution in [3.8, 4) is 0 Å². The van der Waals surface area contributed by atoms with E-state index in [0.717, 1.165) is 0 Å². The maximum absolute atomic E-state index is 13.1. The van der Waals surface area contributed by atoms with Crippen LogP contribution in [-0.4, -0.2) is 23.5 Å². The van der Waals surface area contributed by atoms with Gasteiger partial charge in [-0.3, -0.25) is 9.59 Å². The number of benzene rings is 1. The predicted octanol–water partition coefficient (Wildman–Crippen LogP) is 2.46. The van der Waals surface area contributed by atoms with Gasteiger partial charge in [0.25, 0.3) is 5.91 Å². The Bertz CT molecular complexity index is 451. The van der Waals surface area contributed by atoms with Gasteiger partial charge in [-0.1, -0.05) is 17.7 Å². The smallest absolute Gasteiger partial charge is 0.303 e. The van der Waals surface area contributed by atoms with Crippen LogP contribution in [0.1, 0.15) is 29.6 Å². The van der Waals surface area contributed by atoms with Gasteiger partial charge in [0.1, 0.15) is 5.82 Å². The highest BCUT2D eigenvalue weighted by molar-refractivity contribution is 6.34. The van der Waals surface area contributed by atoms with Crippen LogP contribution < -0.4 is 5.32 Å². The van der Waals surface area contributed by atoms with Crippen LogP contribution in [0.5, 0.6) is 0 Å². The van der Waals surface area contributed by atoms with Crippen molar-refractivity contribution in [2.75, 3.05) is 6.54 Å². The molecule has 4 nitrogen and oxygen atoms in total. The summed E-state index contributed by atoms with van der Waals surface area (Å²) in [5, 5.41) is 10.8. The van der Waals surface area contributed by atoms with E-state index in [1.165, 1.54) is 18.2 Å². The average molecular weight is 274 g/mol. The highest BCUT2D eigenvalue weighted by Crippen LogP contribution is 2.19. The Kier molecular flexibility index (Phi) is 5.58. The summed E-state index contributed by atoms with van der Waals surface area (Å²) >= 11 is 5.66. The molecule has 18 heavy (non-hydrogen) atoms. The number of hydrogen-bond acceptors (Lipinski definition) is 2. The van der Waals surface area contributed by atoms with Crippen molar-refractivity contribution in [2.45, 2.75) is 19.3 Å². The van der Waals surface area contributed by atoms with Crippen LogP contribution in [0.2, 0.25) is 5.02 Å². The number of amides is 1. The number of nitrogens with one attached hydrogen (secondary N) is 1. The largest absolute Gasteiger partial charge is 0.481 e. The minimum Gasteiger partial charge on any atom is -0.481 e. The zero-order valence-electron chi connectivity index (χ0n) is 9.58. The van der Waals surface area contributed by atoms with E-state index in [4.69, 9.17) is 16.7 Å². The van der Waals surface area contributed by atoms with Crippen molar-refractivity contribution >= 4 is 23.5 Å². The Morgan fingerprint density at radius 3 is 2.72 bits per heavy atom. The number of carboxylic acid groups (broad SMARTS) is 1. The van der Waals surface area contributed by atoms with Gasteiger partial charge in [0.2, 0.25) is 0 Å². The van der Waals surface area contributed by atoms with Crippen molar-refractivity contribution in [3.63, 3.8) is 0 Å². The highest BCUT2D eigenvalue weighted by atomic mass is 35.5. The topological polar surface area (TPSA) is 66.4 Å². The number of carboxylic acids is 1. The van der Waals surface area contributed by atoms with E-state index in [9.17, 15) is 14.0 Å². The molecule has 0 heterocycles. The Hall–Kier alpha value is -1.62. The lowest BCUT2D eigenvalue weighted by atomic mass is 10.2. The first kappa shape index (κ1) is 14.4. The quantitative estimate of drug-likeness (QED) is 0.783. The summed E-state index contributed by atoms with van der Waals surface area (Å²) in [5.74, 6) is -1.97. The summed E-state index contributed by atoms with van der Waals surface area (Å²) in [4.78, 5) is 21.9. The second-order valence-corrected chi connectivity index (χ2v) is 4.09. The first-order valence-corrected chi connectivity index (χ1v) is 5.84. The lowest BCUT2D eigenvalue weighted by Gasteiger charge is -2.06. The SMILES string of the molecule is O=C(O)CCCCNC(=O)c1cccc(F)c1Cl. The van der Waals surface area contributed by atoms with E-state index in [1.807, 2.05) is 0 Å². The lowest BCUT2D eigenvalue weighted by molar-refractivity contribution is -0.137. The van der Waals surface area contributed by atoms with Crippen molar-refractivity contribution < 1.29 is 19.1 Å². The zero-order valence-corrected chi connectivity index (χ0v) is 10.3. The molecule has 0 bridgehead atoms. The zero-order chi connectivity index (χ0) is 13.5. The summed E-state index contributed by atoms with van der Waals surface area (Å²) < 4.78 is 13.1. The first-order chi connectivity index (χ1) is 8.52. The Balaban J connectivity index is 2.41. The molecule has 0 aliphatic rings. The lowest BCUT2D eigenvalue weighted by Crippen LogP contribution is -2.25. The first-order valence-electron chi connectivity index (χ1n) is 5.46. The predicted molar refractivity (Wildman–Crippen MR) is 65.2 cm³/mol. The molecule has 98 valence electrons. The molecular formula is C12H13ClFNO3. The minimum atomic E-state index is -0.866. The molecule has 1 aromatic rings. The molecule has 0 saturated carbocycles. The summed E-state index contributed by atoms with van der Waals surface area (Å²) in [7, 11) is 0. The molecule has 0 saturated heterocycles. The van der Waals surface area contributed by atoms with E-state index in [-0.39, 0.29) is 17.0 Å². The number of rotatable bonds is 6. The summed E-state index contributed by atoms with van der Waals surface area (Å²) in [5.41, 5.74) is 0.0786. The number of unbranched alkanes of at least 4 members (excludes halogenated alkanes) is 1. The molecular weight excluding hydrogens is 261 g/mol. The fourth-order valence-corrected chi connectivity index (χ4v) is 1.59. The minimum absolute atomic E-state index is 0.0661. The van der Waals surface area contributed by atoms with Crippen LogP contribution in [-0.2, 0) is 4.79 Å². The molecule has 1 rings (SSSR count). The standard InChI is InChI=1S/C12H13ClFNO3/c13-11-8(4-3-5-9(11)14)12(18)15-7-2-1-6-10(16)17/h3-5H,1-2,6-7H2,(H,15,18)(H,16,17). The van der Waals surface area contributed by atoms with Gasteiger partial charge < -0.3 is 10.4 Å². The number of hydrogen-bond donors (Lipinski definition) is 2. The van der Waals surface area contributed by atoms with Crippen LogP contribution in [0.3, 0.4) is 0 Å². The molecule has 0 aliphatic heterocycles. The van der Waals surface area contributed by atoms with Gasteiger partial charge >= 0.3 is 5.97 Å². The number of carbonyl (C=O) groups excluding carboxylic acids is 1. The van der Waals surface area contributed by atoms with Crippen molar-refractivity contribution in [3.05, 3.63) is 34.6 Å². The highest BCUT2D eigenvalue weighted by Gasteiger charge is 2.12. The molecule has 1 amide bonds. The molecule has 0 atom stereocenters. The second-order valence-electron chi connectivity index (χ2n) is 3.71. The molecule has 0 aliphatic carbocycles. The van der Waals surface area contributed by atoms with Gasteiger partial charge in [-0.15, -0.1) is 0 Å². The molecule has 0 radical (unpaired) electrons. The monoisotopic (exact) mass is 273 g/mol. The molecule has 2 N–H and O–H groups in total. The van der Waals surface area contributed by atoms with E-state index < -0.39 is 17.7 Å². The molecule has 0 fully saturated rings. The third-order valence-corrected chi connectivity index (χ3v) is 2.68. The summed E-state index contributed by atoms with van der Waals surface area (Å²) in [6.07, 6.45) is 1.09. The van der Waals surface area contributed by atoms with Crippen LogP contribution in [0.4, 0.5) is 4.39 Å². The van der Waals surface area contributed by atoms with Gasteiger partial charge in [-0.05, 0) is 25.0 Å². The molecule has 0 aromatic heterocycles. The van der Waals surface area contributed by atoms with Crippen molar-refractivity contribution in [1.82, 2.24) is 5.32 Å².